The van der Waals surface area contributed by atoms with E-state index in [1.54, 1.807) is 12.1 Å². The number of H-pyrrole nitrogens is 1. The van der Waals surface area contributed by atoms with Gasteiger partial charge in [-0.05, 0) is 12.1 Å². The van der Waals surface area contributed by atoms with E-state index in [-0.39, 0.29) is 10.6 Å². The van der Waals surface area contributed by atoms with Gasteiger partial charge in [-0.15, -0.1) is 4.68 Å². The molecule has 0 fully saturated rings. The number of nitrogens with zero attached hydrogens (tertiary/aromatic N) is 2. The van der Waals surface area contributed by atoms with Crippen molar-refractivity contribution in [1.29, 1.82) is 0 Å². The van der Waals surface area contributed by atoms with Crippen LogP contribution < -0.4 is 11.2 Å². The van der Waals surface area contributed by atoms with Crippen molar-refractivity contribution in [3.63, 3.8) is 0 Å². The quantitative estimate of drug-likeness (QED) is 0.789. The lowest BCUT2D eigenvalue weighted by atomic mass is 10.2. The van der Waals surface area contributed by atoms with Crippen LogP contribution in [0.15, 0.2) is 40.1 Å². The Hall–Kier alpha value is -2.21. The maximum absolute atomic E-state index is 11.9. The van der Waals surface area contributed by atoms with Gasteiger partial charge >= 0.3 is 5.69 Å². The monoisotopic (exact) mass is 251 g/mol. The van der Waals surface area contributed by atoms with E-state index in [0.717, 1.165) is 6.20 Å². The van der Waals surface area contributed by atoms with Crippen molar-refractivity contribution < 1.29 is 4.79 Å². The number of nitrogens with one attached hydrogen (secondary N) is 1. The minimum absolute atomic E-state index is 0.135. The van der Waals surface area contributed by atoms with Crippen LogP contribution in [0, 0.1) is 0 Å². The average molecular weight is 252 g/mol. The Morgan fingerprint density at radius 1 is 1.29 bits per heavy atom. The predicted octanol–water partition coefficient (Wildman–Crippen LogP) is 0.273. The van der Waals surface area contributed by atoms with E-state index in [0.29, 0.717) is 4.68 Å². The zero-order chi connectivity index (χ0) is 12.4. The van der Waals surface area contributed by atoms with Crippen LogP contribution in [0.1, 0.15) is 10.4 Å². The summed E-state index contributed by atoms with van der Waals surface area (Å²) >= 11 is 5.82. The molecular formula is C10H6ClN3O3. The lowest BCUT2D eigenvalue weighted by Gasteiger charge is -2.03. The van der Waals surface area contributed by atoms with E-state index in [4.69, 9.17) is 11.6 Å². The maximum Gasteiger partial charge on any atom is 0.352 e. The van der Waals surface area contributed by atoms with Crippen molar-refractivity contribution in [1.82, 2.24) is 14.8 Å². The second-order valence-electron chi connectivity index (χ2n) is 3.14. The summed E-state index contributed by atoms with van der Waals surface area (Å²) in [5, 5.41) is 3.65. The summed E-state index contributed by atoms with van der Waals surface area (Å²) in [7, 11) is 0. The molecule has 0 spiro atoms. The molecule has 2 aromatic rings. The largest absolute Gasteiger partial charge is 0.352 e. The molecule has 1 heterocycles. The molecule has 0 unspecified atom stereocenters. The first-order valence-electron chi connectivity index (χ1n) is 4.57. The third-order valence-corrected chi connectivity index (χ3v) is 2.34. The van der Waals surface area contributed by atoms with Gasteiger partial charge in [-0.3, -0.25) is 14.6 Å². The highest BCUT2D eigenvalue weighted by Crippen LogP contribution is 2.14. The normalized spacial score (nSPS) is 10.2. The summed E-state index contributed by atoms with van der Waals surface area (Å²) in [5.41, 5.74) is -1.43. The standard InChI is InChI=1S/C10H6ClN3O3/c11-7-4-2-1-3-6(7)9(16)14-10(17)13-8(15)5-12-14/h1-5H,(H,13,15,17). The number of aromatic amines is 1. The van der Waals surface area contributed by atoms with Gasteiger partial charge in [-0.1, -0.05) is 23.7 Å². The summed E-state index contributed by atoms with van der Waals surface area (Å²) in [4.78, 5) is 36.0. The number of carbonyl (C=O) groups is 1. The Morgan fingerprint density at radius 2 is 2.00 bits per heavy atom. The van der Waals surface area contributed by atoms with Crippen molar-refractivity contribution in [2.24, 2.45) is 0 Å². The van der Waals surface area contributed by atoms with Crippen molar-refractivity contribution in [2.75, 3.05) is 0 Å². The molecule has 86 valence electrons. The third-order valence-electron chi connectivity index (χ3n) is 2.01. The van der Waals surface area contributed by atoms with E-state index in [1.807, 2.05) is 4.98 Å². The van der Waals surface area contributed by atoms with Gasteiger partial charge in [-0.25, -0.2) is 4.79 Å². The van der Waals surface area contributed by atoms with Crippen LogP contribution in [0.2, 0.25) is 5.02 Å². The predicted molar refractivity (Wildman–Crippen MR) is 60.3 cm³/mol. The van der Waals surface area contributed by atoms with Crippen LogP contribution in [-0.2, 0) is 0 Å². The molecular weight excluding hydrogens is 246 g/mol. The number of hydrogen-bond acceptors (Lipinski definition) is 4. The second-order valence-corrected chi connectivity index (χ2v) is 3.54. The van der Waals surface area contributed by atoms with E-state index in [2.05, 4.69) is 5.10 Å². The summed E-state index contributed by atoms with van der Waals surface area (Å²) in [6.45, 7) is 0. The number of halogens is 1. The van der Waals surface area contributed by atoms with Gasteiger partial charge in [0, 0.05) is 0 Å². The highest BCUT2D eigenvalue weighted by atomic mass is 35.5. The van der Waals surface area contributed by atoms with Gasteiger partial charge in [0.1, 0.15) is 6.20 Å². The molecule has 6 nitrogen and oxygen atoms in total. The zero-order valence-electron chi connectivity index (χ0n) is 8.38. The topological polar surface area (TPSA) is 84.8 Å². The molecule has 0 saturated carbocycles. The number of hydrogen-bond donors (Lipinski definition) is 1. The first-order chi connectivity index (χ1) is 8.09. The molecule has 0 aliphatic heterocycles. The van der Waals surface area contributed by atoms with Crippen molar-refractivity contribution >= 4 is 17.5 Å². The van der Waals surface area contributed by atoms with Crippen LogP contribution in [0.3, 0.4) is 0 Å². The number of aromatic nitrogens is 3. The molecule has 17 heavy (non-hydrogen) atoms. The summed E-state index contributed by atoms with van der Waals surface area (Å²) in [6, 6.07) is 6.24. The van der Waals surface area contributed by atoms with E-state index in [1.165, 1.54) is 12.1 Å². The molecule has 0 aliphatic carbocycles. The molecule has 0 saturated heterocycles. The molecule has 0 bridgehead atoms. The maximum atomic E-state index is 11.9. The highest BCUT2D eigenvalue weighted by molar-refractivity contribution is 6.33. The van der Waals surface area contributed by atoms with Gasteiger partial charge in [-0.2, -0.15) is 5.10 Å². The molecule has 1 N–H and O–H groups in total. The Morgan fingerprint density at radius 3 is 2.65 bits per heavy atom. The van der Waals surface area contributed by atoms with Crippen molar-refractivity contribution in [3.8, 4) is 0 Å². The first-order valence-corrected chi connectivity index (χ1v) is 4.95. The number of carbonyl (C=O) groups excluding carboxylic acids is 1. The molecule has 0 amide bonds. The van der Waals surface area contributed by atoms with Gasteiger partial charge in [0.15, 0.2) is 0 Å². The molecule has 0 atom stereocenters. The Bertz CT molecular complexity index is 689. The minimum atomic E-state index is -0.901. The fourth-order valence-electron chi connectivity index (χ4n) is 1.25. The molecule has 2 rings (SSSR count). The Balaban J connectivity index is 2.56. The van der Waals surface area contributed by atoms with E-state index >= 15 is 0 Å². The fourth-order valence-corrected chi connectivity index (χ4v) is 1.46. The lowest BCUT2D eigenvalue weighted by Crippen LogP contribution is -2.36. The van der Waals surface area contributed by atoms with Gasteiger partial charge < -0.3 is 0 Å². The second kappa shape index (κ2) is 4.34. The highest BCUT2D eigenvalue weighted by Gasteiger charge is 2.14. The summed E-state index contributed by atoms with van der Waals surface area (Å²) in [5.74, 6) is -0.697. The van der Waals surface area contributed by atoms with Crippen LogP contribution in [0.4, 0.5) is 0 Å². The third kappa shape index (κ3) is 2.16. The Kier molecular flexibility index (Phi) is 2.88. The average Bonchev–Trinajstić information content (AvgIpc) is 2.29. The SMILES string of the molecule is O=C(c1ccccc1Cl)n1ncc(=O)[nH]c1=O. The van der Waals surface area contributed by atoms with Crippen LogP contribution in [0.5, 0.6) is 0 Å². The van der Waals surface area contributed by atoms with E-state index < -0.39 is 17.2 Å². The molecule has 1 aromatic carbocycles. The van der Waals surface area contributed by atoms with Gasteiger partial charge in [0.05, 0.1) is 10.6 Å². The van der Waals surface area contributed by atoms with Crippen LogP contribution in [-0.4, -0.2) is 20.7 Å². The van der Waals surface area contributed by atoms with Crippen LogP contribution >= 0.6 is 11.6 Å². The van der Waals surface area contributed by atoms with Gasteiger partial charge in [0.25, 0.3) is 11.5 Å². The van der Waals surface area contributed by atoms with Crippen molar-refractivity contribution in [3.05, 3.63) is 61.9 Å². The molecule has 0 radical (unpaired) electrons. The molecule has 1 aromatic heterocycles. The molecule has 0 aliphatic rings. The Labute approximate surface area is 99.5 Å². The van der Waals surface area contributed by atoms with Gasteiger partial charge in [0.2, 0.25) is 0 Å². The minimum Gasteiger partial charge on any atom is -0.271 e. The lowest BCUT2D eigenvalue weighted by molar-refractivity contribution is 0.0936. The fraction of sp³-hybridized carbons (Fsp3) is 0. The van der Waals surface area contributed by atoms with E-state index in [9.17, 15) is 14.4 Å². The smallest absolute Gasteiger partial charge is 0.271 e. The summed E-state index contributed by atoms with van der Waals surface area (Å²) < 4.78 is 0.544. The van der Waals surface area contributed by atoms with Crippen LogP contribution in [0.25, 0.3) is 0 Å². The zero-order valence-corrected chi connectivity index (χ0v) is 9.14. The number of rotatable bonds is 1. The first kappa shape index (κ1) is 11.3. The van der Waals surface area contributed by atoms with Crippen molar-refractivity contribution in [2.45, 2.75) is 0 Å². The molecule has 7 heteroatoms. The number of benzene rings is 1. The summed E-state index contributed by atoms with van der Waals surface area (Å²) in [6.07, 6.45) is 0.843.